The van der Waals surface area contributed by atoms with E-state index in [0.29, 0.717) is 0 Å². The molecule has 0 saturated carbocycles. The first-order valence-corrected chi connectivity index (χ1v) is 4.56. The van der Waals surface area contributed by atoms with Gasteiger partial charge in [0.2, 0.25) is 0 Å². The van der Waals surface area contributed by atoms with Crippen LogP contribution in [0.25, 0.3) is 0 Å². The van der Waals surface area contributed by atoms with Crippen LogP contribution in [0.2, 0.25) is 0 Å². The predicted octanol–water partition coefficient (Wildman–Crippen LogP) is 1.63. The van der Waals surface area contributed by atoms with Gasteiger partial charge in [-0.15, -0.1) is 0 Å². The molecule has 1 aromatic rings. The van der Waals surface area contributed by atoms with Crippen molar-refractivity contribution in [3.63, 3.8) is 0 Å². The van der Waals surface area contributed by atoms with Crippen LogP contribution in [-0.4, -0.2) is 18.1 Å². The zero-order valence-corrected chi connectivity index (χ0v) is 8.96. The van der Waals surface area contributed by atoms with Gasteiger partial charge in [0.1, 0.15) is 0 Å². The van der Waals surface area contributed by atoms with Crippen molar-refractivity contribution in [2.45, 2.75) is 19.8 Å². The number of carbonyl (C=O) groups excluding carboxylic acids is 1. The van der Waals surface area contributed by atoms with Crippen molar-refractivity contribution < 1.29 is 18.3 Å². The van der Waals surface area contributed by atoms with E-state index >= 15 is 0 Å². The van der Waals surface area contributed by atoms with Gasteiger partial charge in [-0.25, -0.2) is 8.78 Å². The van der Waals surface area contributed by atoms with Crippen molar-refractivity contribution in [1.82, 2.24) is 4.98 Å². The van der Waals surface area contributed by atoms with Crippen LogP contribution in [0, 0.1) is 6.92 Å². The van der Waals surface area contributed by atoms with Gasteiger partial charge in [-0.2, -0.15) is 0 Å². The van der Waals surface area contributed by atoms with Crippen molar-refractivity contribution >= 4 is 11.7 Å². The quantitative estimate of drug-likeness (QED) is 0.801. The summed E-state index contributed by atoms with van der Waals surface area (Å²) in [6, 6.07) is 0. The summed E-state index contributed by atoms with van der Waals surface area (Å²) in [7, 11) is 1.23. The maximum atomic E-state index is 12.7. The minimum atomic E-state index is -2.68. The van der Waals surface area contributed by atoms with E-state index in [1.807, 2.05) is 0 Å². The van der Waals surface area contributed by atoms with E-state index in [1.54, 1.807) is 0 Å². The maximum Gasteiger partial charge on any atom is 0.311 e. The molecule has 0 aromatic carbocycles. The lowest BCUT2D eigenvalue weighted by Crippen LogP contribution is -2.10. The molecule has 0 aliphatic rings. The maximum absolute atomic E-state index is 12.7. The van der Waals surface area contributed by atoms with E-state index in [-0.39, 0.29) is 28.9 Å². The van der Waals surface area contributed by atoms with Crippen LogP contribution in [0.1, 0.15) is 23.2 Å². The number of pyridine rings is 1. The molecule has 2 N–H and O–H groups in total. The molecular formula is C10H12F2N2O2. The Hall–Kier alpha value is -1.72. The fourth-order valence-electron chi connectivity index (χ4n) is 1.36. The number of rotatable bonds is 3. The van der Waals surface area contributed by atoms with Crippen LogP contribution >= 0.6 is 0 Å². The Kier molecular flexibility index (Phi) is 3.76. The molecule has 0 bridgehead atoms. The highest BCUT2D eigenvalue weighted by Crippen LogP contribution is 2.29. The van der Waals surface area contributed by atoms with Gasteiger partial charge in [-0.1, -0.05) is 0 Å². The Morgan fingerprint density at radius 3 is 2.75 bits per heavy atom. The number of hydrogen-bond donors (Lipinski definition) is 1. The number of ether oxygens (including phenoxy) is 1. The predicted molar refractivity (Wildman–Crippen MR) is 54.1 cm³/mol. The van der Waals surface area contributed by atoms with Gasteiger partial charge in [0.25, 0.3) is 6.43 Å². The summed E-state index contributed by atoms with van der Waals surface area (Å²) in [5.41, 5.74) is 5.55. The van der Waals surface area contributed by atoms with Crippen LogP contribution in [0.4, 0.5) is 14.5 Å². The molecule has 0 saturated heterocycles. The Bertz CT molecular complexity index is 408. The van der Waals surface area contributed by atoms with E-state index in [2.05, 4.69) is 9.72 Å². The number of alkyl halides is 2. The molecule has 0 aliphatic heterocycles. The van der Waals surface area contributed by atoms with Crippen LogP contribution in [0.5, 0.6) is 0 Å². The van der Waals surface area contributed by atoms with Gasteiger partial charge in [-0.3, -0.25) is 9.78 Å². The molecule has 0 unspecified atom stereocenters. The molecule has 4 nitrogen and oxygen atoms in total. The standard InChI is InChI=1S/C10H12F2N2O2/c1-5-7(3-8(15)16-2)14-4-6(13)9(5)10(11)12/h4,10H,3,13H2,1-2H3. The Balaban J connectivity index is 3.13. The molecule has 0 amide bonds. The molecule has 6 heteroatoms. The molecule has 0 fully saturated rings. The number of halogens is 2. The fraction of sp³-hybridized carbons (Fsp3) is 0.400. The van der Waals surface area contributed by atoms with Crippen molar-refractivity contribution in [2.75, 3.05) is 12.8 Å². The summed E-state index contributed by atoms with van der Waals surface area (Å²) in [5, 5.41) is 0. The lowest BCUT2D eigenvalue weighted by Gasteiger charge is -2.11. The summed E-state index contributed by atoms with van der Waals surface area (Å²) in [6.45, 7) is 1.46. The molecule has 0 spiro atoms. The second kappa shape index (κ2) is 4.87. The molecule has 0 radical (unpaired) electrons. The molecule has 1 aromatic heterocycles. The van der Waals surface area contributed by atoms with E-state index in [0.717, 1.165) is 6.20 Å². The van der Waals surface area contributed by atoms with E-state index in [1.165, 1.54) is 14.0 Å². The summed E-state index contributed by atoms with van der Waals surface area (Å²) in [4.78, 5) is 14.9. The molecule has 1 heterocycles. The van der Waals surface area contributed by atoms with E-state index in [4.69, 9.17) is 5.73 Å². The number of carbonyl (C=O) groups is 1. The minimum absolute atomic E-state index is 0.0684. The normalized spacial score (nSPS) is 10.6. The van der Waals surface area contributed by atoms with E-state index in [9.17, 15) is 13.6 Å². The third-order valence-electron chi connectivity index (χ3n) is 2.27. The average molecular weight is 230 g/mol. The van der Waals surface area contributed by atoms with Gasteiger partial charge in [0, 0.05) is 5.56 Å². The zero-order chi connectivity index (χ0) is 12.3. The second-order valence-corrected chi connectivity index (χ2v) is 3.25. The van der Waals surface area contributed by atoms with Gasteiger partial charge in [0.15, 0.2) is 0 Å². The van der Waals surface area contributed by atoms with E-state index < -0.39 is 12.4 Å². The molecule has 1 rings (SSSR count). The van der Waals surface area contributed by atoms with Gasteiger partial charge < -0.3 is 10.5 Å². The zero-order valence-electron chi connectivity index (χ0n) is 8.96. The number of nitrogen functional groups attached to an aromatic ring is 1. The van der Waals surface area contributed by atoms with Gasteiger partial charge in [0.05, 0.1) is 31.1 Å². The van der Waals surface area contributed by atoms with Gasteiger partial charge in [-0.05, 0) is 12.5 Å². The third-order valence-corrected chi connectivity index (χ3v) is 2.27. The largest absolute Gasteiger partial charge is 0.469 e. The Labute approximate surface area is 91.4 Å². The highest BCUT2D eigenvalue weighted by Gasteiger charge is 2.19. The highest BCUT2D eigenvalue weighted by molar-refractivity contribution is 5.72. The smallest absolute Gasteiger partial charge is 0.311 e. The SMILES string of the molecule is COC(=O)Cc1ncc(N)c(C(F)F)c1C. The second-order valence-electron chi connectivity index (χ2n) is 3.25. The van der Waals surface area contributed by atoms with Crippen LogP contribution < -0.4 is 5.73 Å². The fourth-order valence-corrected chi connectivity index (χ4v) is 1.36. The summed E-state index contributed by atoms with van der Waals surface area (Å²) >= 11 is 0. The summed E-state index contributed by atoms with van der Waals surface area (Å²) in [5.74, 6) is -0.527. The minimum Gasteiger partial charge on any atom is -0.469 e. The number of nitrogens with two attached hydrogens (primary N) is 1. The number of methoxy groups -OCH3 is 1. The van der Waals surface area contributed by atoms with Crippen molar-refractivity contribution in [3.05, 3.63) is 23.0 Å². The van der Waals surface area contributed by atoms with Crippen LogP contribution in [0.3, 0.4) is 0 Å². The monoisotopic (exact) mass is 230 g/mol. The molecule has 88 valence electrons. The summed E-state index contributed by atoms with van der Waals surface area (Å²) in [6.07, 6.45) is -1.69. The molecule has 16 heavy (non-hydrogen) atoms. The highest BCUT2D eigenvalue weighted by atomic mass is 19.3. The first-order valence-electron chi connectivity index (χ1n) is 4.56. The lowest BCUT2D eigenvalue weighted by molar-refractivity contribution is -0.139. The van der Waals surface area contributed by atoms with Gasteiger partial charge >= 0.3 is 5.97 Å². The number of aromatic nitrogens is 1. The first-order chi connectivity index (χ1) is 7.47. The number of nitrogens with zero attached hydrogens (tertiary/aromatic N) is 1. The first kappa shape index (κ1) is 12.4. The summed E-state index contributed by atoms with van der Waals surface area (Å²) < 4.78 is 29.8. The molecular weight excluding hydrogens is 218 g/mol. The average Bonchev–Trinajstić information content (AvgIpc) is 2.21. The van der Waals surface area contributed by atoms with Crippen molar-refractivity contribution in [3.8, 4) is 0 Å². The number of esters is 1. The molecule has 0 atom stereocenters. The number of hydrogen-bond acceptors (Lipinski definition) is 4. The Morgan fingerprint density at radius 1 is 1.62 bits per heavy atom. The number of anilines is 1. The van der Waals surface area contributed by atoms with Crippen LogP contribution in [0.15, 0.2) is 6.20 Å². The van der Waals surface area contributed by atoms with Crippen LogP contribution in [-0.2, 0) is 16.0 Å². The topological polar surface area (TPSA) is 65.2 Å². The van der Waals surface area contributed by atoms with Crippen molar-refractivity contribution in [2.24, 2.45) is 0 Å². The Morgan fingerprint density at radius 2 is 2.25 bits per heavy atom. The van der Waals surface area contributed by atoms with Crippen molar-refractivity contribution in [1.29, 1.82) is 0 Å². The molecule has 0 aliphatic carbocycles. The lowest BCUT2D eigenvalue weighted by atomic mass is 10.0. The third kappa shape index (κ3) is 2.44.